The summed E-state index contributed by atoms with van der Waals surface area (Å²) in [6.45, 7) is 5.43. The Kier molecular flexibility index (Phi) is 5.71. The highest BCUT2D eigenvalue weighted by molar-refractivity contribution is 7.21. The second-order valence-electron chi connectivity index (χ2n) is 7.09. The van der Waals surface area contributed by atoms with Gasteiger partial charge in [0.2, 0.25) is 0 Å². The van der Waals surface area contributed by atoms with Crippen LogP contribution in [-0.4, -0.2) is 43.2 Å². The second kappa shape index (κ2) is 8.39. The lowest BCUT2D eigenvalue weighted by Crippen LogP contribution is -2.47. The number of carbonyl (C=O) groups excluding carboxylic acids is 1. The van der Waals surface area contributed by atoms with Crippen molar-refractivity contribution in [2.45, 2.75) is 19.6 Å². The number of ether oxygens (including phenoxy) is 1. The molecule has 2 aromatic carbocycles. The molecule has 3 aromatic rings. The Morgan fingerprint density at radius 2 is 2.07 bits per heavy atom. The van der Waals surface area contributed by atoms with Gasteiger partial charge in [-0.05, 0) is 30.2 Å². The lowest BCUT2D eigenvalue weighted by molar-refractivity contribution is -0.0292. The Balaban J connectivity index is 1.37. The molecule has 0 saturated carbocycles. The predicted octanol–water partition coefficient (Wildman–Crippen LogP) is 3.98. The average molecular weight is 399 g/mol. The molecule has 146 valence electrons. The van der Waals surface area contributed by atoms with E-state index in [0.717, 1.165) is 24.3 Å². The molecule has 1 aliphatic heterocycles. The van der Waals surface area contributed by atoms with Crippen LogP contribution in [0.5, 0.6) is 0 Å². The summed E-state index contributed by atoms with van der Waals surface area (Å²) in [5, 5.41) is 3.51. The molecule has 1 N–H and O–H groups in total. The molecule has 28 heavy (non-hydrogen) atoms. The molecule has 4 rings (SSSR count). The first-order valence-corrected chi connectivity index (χ1v) is 10.3. The minimum Gasteiger partial charge on any atom is -0.374 e. The van der Waals surface area contributed by atoms with E-state index >= 15 is 0 Å². The number of fused-ring (bicyclic) bond motifs is 1. The lowest BCUT2D eigenvalue weighted by atomic mass is 10.1. The lowest BCUT2D eigenvalue weighted by Gasteiger charge is -2.33. The third kappa shape index (κ3) is 4.09. The number of aryl methyl sites for hydroxylation is 1. The fraction of sp³-hybridized carbons (Fsp3) is 0.318. The highest BCUT2D eigenvalue weighted by atomic mass is 32.1. The van der Waals surface area contributed by atoms with Crippen LogP contribution in [0.25, 0.3) is 10.1 Å². The molecule has 1 fully saturated rings. The van der Waals surface area contributed by atoms with Gasteiger partial charge in [0.25, 0.3) is 5.91 Å². The van der Waals surface area contributed by atoms with E-state index in [-0.39, 0.29) is 17.8 Å². The highest BCUT2D eigenvalue weighted by Crippen LogP contribution is 2.32. The van der Waals surface area contributed by atoms with Crippen molar-refractivity contribution in [3.05, 3.63) is 70.4 Å². The van der Waals surface area contributed by atoms with Gasteiger partial charge in [0, 0.05) is 36.3 Å². The molecule has 0 aliphatic carbocycles. The molecule has 1 aliphatic rings. The quantitative estimate of drug-likeness (QED) is 0.707. The maximum absolute atomic E-state index is 14.1. The Morgan fingerprint density at radius 1 is 1.25 bits per heavy atom. The van der Waals surface area contributed by atoms with Crippen molar-refractivity contribution in [2.24, 2.45) is 0 Å². The molecule has 6 heteroatoms. The van der Waals surface area contributed by atoms with E-state index in [1.54, 1.807) is 13.0 Å². The van der Waals surface area contributed by atoms with Crippen LogP contribution in [0.3, 0.4) is 0 Å². The monoisotopic (exact) mass is 398 g/mol. The van der Waals surface area contributed by atoms with Gasteiger partial charge in [0.05, 0.1) is 17.6 Å². The predicted molar refractivity (Wildman–Crippen MR) is 110 cm³/mol. The Morgan fingerprint density at radius 3 is 2.86 bits per heavy atom. The summed E-state index contributed by atoms with van der Waals surface area (Å²) in [4.78, 5) is 15.6. The summed E-state index contributed by atoms with van der Waals surface area (Å²) in [6, 6.07) is 15.3. The van der Waals surface area contributed by atoms with Gasteiger partial charge in [-0.3, -0.25) is 9.69 Å². The van der Waals surface area contributed by atoms with Crippen molar-refractivity contribution in [1.29, 1.82) is 0 Å². The number of amides is 1. The normalized spacial score (nSPS) is 17.7. The van der Waals surface area contributed by atoms with Crippen LogP contribution in [0.15, 0.2) is 48.5 Å². The molecule has 1 amide bonds. The van der Waals surface area contributed by atoms with Gasteiger partial charge in [0.1, 0.15) is 5.82 Å². The first-order valence-electron chi connectivity index (χ1n) is 9.45. The number of carbonyl (C=O) groups is 1. The van der Waals surface area contributed by atoms with Crippen molar-refractivity contribution in [3.8, 4) is 0 Å². The van der Waals surface area contributed by atoms with Gasteiger partial charge in [-0.15, -0.1) is 11.3 Å². The standard InChI is InChI=1S/C22H23FN2O2S/c1-15-20-18(23)8-5-9-19(20)28-21(15)22(26)24-12-17-14-25(10-11-27-17)13-16-6-3-2-4-7-16/h2-9,17H,10-14H2,1H3,(H,24,26). The Labute approximate surface area is 167 Å². The van der Waals surface area contributed by atoms with E-state index < -0.39 is 0 Å². The number of hydrogen-bond acceptors (Lipinski definition) is 4. The number of halogens is 1. The summed E-state index contributed by atoms with van der Waals surface area (Å²) in [5.74, 6) is -0.445. The van der Waals surface area contributed by atoms with E-state index in [0.29, 0.717) is 29.0 Å². The second-order valence-corrected chi connectivity index (χ2v) is 8.14. The maximum atomic E-state index is 14.1. The number of rotatable bonds is 5. The zero-order chi connectivity index (χ0) is 19.5. The highest BCUT2D eigenvalue weighted by Gasteiger charge is 2.23. The van der Waals surface area contributed by atoms with Crippen molar-refractivity contribution in [3.63, 3.8) is 0 Å². The number of hydrogen-bond donors (Lipinski definition) is 1. The number of thiophene rings is 1. The topological polar surface area (TPSA) is 41.6 Å². The molecule has 0 spiro atoms. The zero-order valence-corrected chi connectivity index (χ0v) is 16.6. The third-order valence-corrected chi connectivity index (χ3v) is 6.33. The summed E-state index contributed by atoms with van der Waals surface area (Å²) < 4.78 is 20.7. The third-order valence-electron chi connectivity index (χ3n) is 5.07. The summed E-state index contributed by atoms with van der Waals surface area (Å²) in [6.07, 6.45) is -0.0483. The van der Waals surface area contributed by atoms with Gasteiger partial charge in [-0.25, -0.2) is 4.39 Å². The number of morpholine rings is 1. The van der Waals surface area contributed by atoms with Crippen LogP contribution in [0.4, 0.5) is 4.39 Å². The molecule has 0 bridgehead atoms. The van der Waals surface area contributed by atoms with Gasteiger partial charge in [-0.2, -0.15) is 0 Å². The van der Waals surface area contributed by atoms with Crippen LogP contribution in [0.1, 0.15) is 20.8 Å². The van der Waals surface area contributed by atoms with Crippen molar-refractivity contribution in [2.75, 3.05) is 26.2 Å². The number of nitrogens with zero attached hydrogens (tertiary/aromatic N) is 1. The van der Waals surface area contributed by atoms with Gasteiger partial charge < -0.3 is 10.1 Å². The summed E-state index contributed by atoms with van der Waals surface area (Å²) in [7, 11) is 0. The van der Waals surface area contributed by atoms with E-state index in [1.165, 1.54) is 23.0 Å². The molecule has 1 saturated heterocycles. The average Bonchev–Trinajstić information content (AvgIpc) is 3.05. The summed E-state index contributed by atoms with van der Waals surface area (Å²) >= 11 is 1.33. The van der Waals surface area contributed by atoms with Crippen LogP contribution in [0, 0.1) is 12.7 Å². The molecule has 2 heterocycles. The van der Waals surface area contributed by atoms with Crippen LogP contribution < -0.4 is 5.32 Å². The molecular formula is C22H23FN2O2S. The molecule has 4 nitrogen and oxygen atoms in total. The molecule has 1 aromatic heterocycles. The van der Waals surface area contributed by atoms with Crippen LogP contribution in [0.2, 0.25) is 0 Å². The first-order chi connectivity index (χ1) is 13.6. The van der Waals surface area contributed by atoms with E-state index in [4.69, 9.17) is 4.74 Å². The molecule has 1 unspecified atom stereocenters. The van der Waals surface area contributed by atoms with E-state index in [1.807, 2.05) is 24.3 Å². The Bertz CT molecular complexity index is 973. The smallest absolute Gasteiger partial charge is 0.261 e. The minimum absolute atomic E-state index is 0.0483. The Hall–Kier alpha value is -2.28. The molecule has 0 radical (unpaired) electrons. The van der Waals surface area contributed by atoms with Crippen molar-refractivity contribution in [1.82, 2.24) is 10.2 Å². The maximum Gasteiger partial charge on any atom is 0.261 e. The SMILES string of the molecule is Cc1c(C(=O)NCC2CN(Cc3ccccc3)CCO2)sc2cccc(F)c12. The van der Waals surface area contributed by atoms with Crippen LogP contribution in [-0.2, 0) is 11.3 Å². The first kappa shape index (κ1) is 19.1. The van der Waals surface area contributed by atoms with Crippen molar-refractivity contribution >= 4 is 27.3 Å². The van der Waals surface area contributed by atoms with Gasteiger partial charge in [0.15, 0.2) is 0 Å². The van der Waals surface area contributed by atoms with Gasteiger partial charge in [-0.1, -0.05) is 36.4 Å². The number of benzene rings is 2. The fourth-order valence-electron chi connectivity index (χ4n) is 3.65. The summed E-state index contributed by atoms with van der Waals surface area (Å²) in [5.41, 5.74) is 1.97. The number of nitrogens with one attached hydrogen (secondary N) is 1. The fourth-order valence-corrected chi connectivity index (χ4v) is 4.79. The van der Waals surface area contributed by atoms with E-state index in [9.17, 15) is 9.18 Å². The molecule has 1 atom stereocenters. The van der Waals surface area contributed by atoms with Crippen LogP contribution >= 0.6 is 11.3 Å². The largest absolute Gasteiger partial charge is 0.374 e. The van der Waals surface area contributed by atoms with Crippen molar-refractivity contribution < 1.29 is 13.9 Å². The van der Waals surface area contributed by atoms with E-state index in [2.05, 4.69) is 22.3 Å². The van der Waals surface area contributed by atoms with Gasteiger partial charge >= 0.3 is 0 Å². The minimum atomic E-state index is -0.280. The zero-order valence-electron chi connectivity index (χ0n) is 15.8. The molecular weight excluding hydrogens is 375 g/mol.